The average Bonchev–Trinajstić information content (AvgIpc) is 3.50. The third kappa shape index (κ3) is 6.27. The van der Waals surface area contributed by atoms with Gasteiger partial charge in [0, 0.05) is 58.4 Å². The van der Waals surface area contributed by atoms with Gasteiger partial charge in [0.25, 0.3) is 5.91 Å². The van der Waals surface area contributed by atoms with Gasteiger partial charge < -0.3 is 15.2 Å². The quantitative estimate of drug-likeness (QED) is 0.184. The van der Waals surface area contributed by atoms with Crippen molar-refractivity contribution in [2.75, 3.05) is 5.32 Å². The first-order chi connectivity index (χ1) is 21.2. The maximum atomic E-state index is 13.4. The van der Waals surface area contributed by atoms with Gasteiger partial charge in [-0.15, -0.1) is 12.4 Å². The zero-order valence-corrected chi connectivity index (χ0v) is 24.5. The average molecular weight is 633 g/mol. The van der Waals surface area contributed by atoms with Crippen molar-refractivity contribution in [1.29, 1.82) is 0 Å². The first-order valence-electron chi connectivity index (χ1n) is 13.3. The summed E-state index contributed by atoms with van der Waals surface area (Å²) in [5, 5.41) is 17.3. The van der Waals surface area contributed by atoms with Crippen LogP contribution in [-0.4, -0.2) is 35.7 Å². The van der Waals surface area contributed by atoms with E-state index in [0.29, 0.717) is 66.5 Å². The second-order valence-corrected chi connectivity index (χ2v) is 9.85. The predicted octanol–water partition coefficient (Wildman–Crippen LogP) is 7.88. The first-order valence-corrected chi connectivity index (χ1v) is 13.3. The summed E-state index contributed by atoms with van der Waals surface area (Å²) in [6.07, 6.45) is 5.44. The lowest BCUT2D eigenvalue weighted by Crippen LogP contribution is -2.13. The standard InChI is InChI=1S/C32H23F3N6O3.ClH/c1-17-24(20-14-38-41(16-20)32(34)35)13-26-29(39-17)27(11-12-36-26)44-23-9-7-22(8-10-23)40-31(43)25-15-37-18(2)28(30(25)42)19-3-5-21(33)6-4-19;/h3-16,32H,1-2H3,(H,37,42)(H,40,43);1H. The molecule has 0 fully saturated rings. The van der Waals surface area contributed by atoms with Crippen LogP contribution in [0.25, 0.3) is 33.3 Å². The van der Waals surface area contributed by atoms with Gasteiger partial charge in [-0.05, 0) is 61.9 Å². The number of amides is 1. The lowest BCUT2D eigenvalue weighted by atomic mass is 10.0. The first kappa shape index (κ1) is 31.0. The molecule has 1 amide bonds. The molecule has 2 aromatic carbocycles. The number of anilines is 1. The molecule has 4 heterocycles. The van der Waals surface area contributed by atoms with Crippen LogP contribution in [0, 0.1) is 19.7 Å². The number of benzene rings is 2. The minimum atomic E-state index is -2.75. The van der Waals surface area contributed by atoms with Crippen LogP contribution >= 0.6 is 12.4 Å². The van der Waals surface area contributed by atoms with Gasteiger partial charge in [-0.1, -0.05) is 12.1 Å². The number of hydrogen-bond acceptors (Lipinski definition) is 7. The van der Waals surface area contributed by atoms with E-state index in [1.54, 1.807) is 56.4 Å². The van der Waals surface area contributed by atoms with E-state index in [9.17, 15) is 23.1 Å². The number of carbonyl (C=O) groups is 1. The van der Waals surface area contributed by atoms with E-state index in [4.69, 9.17) is 4.74 Å². The highest BCUT2D eigenvalue weighted by molar-refractivity contribution is 6.07. The Labute approximate surface area is 260 Å². The maximum absolute atomic E-state index is 13.4. The summed E-state index contributed by atoms with van der Waals surface area (Å²) in [5.74, 6) is -0.387. The highest BCUT2D eigenvalue weighted by Gasteiger charge is 2.20. The fourth-order valence-corrected chi connectivity index (χ4v) is 4.75. The summed E-state index contributed by atoms with van der Waals surface area (Å²) in [5.41, 5.74) is 4.42. The van der Waals surface area contributed by atoms with Crippen LogP contribution in [0.4, 0.5) is 18.9 Å². The number of nitrogens with zero attached hydrogens (tertiary/aromatic N) is 5. The van der Waals surface area contributed by atoms with Crippen LogP contribution < -0.4 is 10.1 Å². The zero-order valence-electron chi connectivity index (χ0n) is 23.7. The van der Waals surface area contributed by atoms with Crippen LogP contribution in [0.15, 0.2) is 85.5 Å². The monoisotopic (exact) mass is 632 g/mol. The Hall–Kier alpha value is -5.49. The third-order valence-electron chi connectivity index (χ3n) is 6.94. The molecule has 0 saturated carbocycles. The van der Waals surface area contributed by atoms with Gasteiger partial charge >= 0.3 is 6.55 Å². The number of aryl methyl sites for hydroxylation is 2. The molecule has 0 unspecified atom stereocenters. The molecule has 0 aliphatic heterocycles. The smallest absolute Gasteiger partial charge is 0.333 e. The van der Waals surface area contributed by atoms with E-state index in [-0.39, 0.29) is 23.7 Å². The van der Waals surface area contributed by atoms with Gasteiger partial charge in [0.05, 0.1) is 11.7 Å². The van der Waals surface area contributed by atoms with Crippen LogP contribution in [0.1, 0.15) is 28.3 Å². The maximum Gasteiger partial charge on any atom is 0.333 e. The van der Waals surface area contributed by atoms with Crippen molar-refractivity contribution in [2.45, 2.75) is 20.4 Å². The molecule has 0 spiro atoms. The number of aromatic hydroxyl groups is 1. The summed E-state index contributed by atoms with van der Waals surface area (Å²) in [7, 11) is 0. The number of pyridine rings is 3. The molecular weight excluding hydrogens is 609 g/mol. The summed E-state index contributed by atoms with van der Waals surface area (Å²) in [6, 6.07) is 15.5. The van der Waals surface area contributed by atoms with Gasteiger partial charge in [0.2, 0.25) is 0 Å². The summed E-state index contributed by atoms with van der Waals surface area (Å²) in [6.45, 7) is 0.696. The number of alkyl halides is 2. The number of fused-ring (bicyclic) bond motifs is 1. The molecule has 0 radical (unpaired) electrons. The van der Waals surface area contributed by atoms with Crippen LogP contribution in [0.5, 0.6) is 17.2 Å². The van der Waals surface area contributed by atoms with Gasteiger partial charge in [-0.2, -0.15) is 13.9 Å². The van der Waals surface area contributed by atoms with Crippen LogP contribution in [0.2, 0.25) is 0 Å². The van der Waals surface area contributed by atoms with Crippen LogP contribution in [0.3, 0.4) is 0 Å². The Balaban J connectivity index is 0.00000400. The normalized spacial score (nSPS) is 11.0. The van der Waals surface area contributed by atoms with Crippen molar-refractivity contribution < 1.29 is 27.8 Å². The number of hydrogen-bond donors (Lipinski definition) is 2. The molecule has 0 atom stereocenters. The lowest BCUT2D eigenvalue weighted by Gasteiger charge is -2.13. The Morgan fingerprint density at radius 3 is 2.38 bits per heavy atom. The molecule has 0 aliphatic rings. The van der Waals surface area contributed by atoms with Crippen molar-refractivity contribution in [3.63, 3.8) is 0 Å². The van der Waals surface area contributed by atoms with E-state index >= 15 is 0 Å². The van der Waals surface area contributed by atoms with Gasteiger partial charge in [-0.25, -0.2) is 14.1 Å². The second-order valence-electron chi connectivity index (χ2n) is 9.85. The highest BCUT2D eigenvalue weighted by Crippen LogP contribution is 2.35. The van der Waals surface area contributed by atoms with Crippen molar-refractivity contribution in [3.05, 3.63) is 108 Å². The molecule has 0 aliphatic carbocycles. The number of halogens is 4. The van der Waals surface area contributed by atoms with E-state index in [2.05, 4.69) is 25.4 Å². The molecule has 0 saturated heterocycles. The Kier molecular flexibility index (Phi) is 8.68. The zero-order chi connectivity index (χ0) is 31.0. The van der Waals surface area contributed by atoms with Crippen molar-refractivity contribution in [1.82, 2.24) is 24.7 Å². The molecule has 45 heavy (non-hydrogen) atoms. The molecule has 6 rings (SSSR count). The van der Waals surface area contributed by atoms with Crippen molar-refractivity contribution >= 4 is 35.0 Å². The Morgan fingerprint density at radius 1 is 0.956 bits per heavy atom. The number of carbonyl (C=O) groups excluding carboxylic acids is 1. The SMILES string of the molecule is Cc1nc2c(Oc3ccc(NC(=O)c4cnc(C)c(-c5ccc(F)cc5)c4O)cc3)ccnc2cc1-c1cnn(C(F)F)c1.Cl. The van der Waals surface area contributed by atoms with Gasteiger partial charge in [0.1, 0.15) is 28.4 Å². The van der Waals surface area contributed by atoms with Gasteiger partial charge in [-0.3, -0.25) is 14.8 Å². The van der Waals surface area contributed by atoms with E-state index < -0.39 is 18.3 Å². The minimum Gasteiger partial charge on any atom is -0.506 e. The highest BCUT2D eigenvalue weighted by atomic mass is 35.5. The number of rotatable bonds is 7. The summed E-state index contributed by atoms with van der Waals surface area (Å²) >= 11 is 0. The third-order valence-corrected chi connectivity index (χ3v) is 6.94. The lowest BCUT2D eigenvalue weighted by molar-refractivity contribution is 0.0566. The molecule has 13 heteroatoms. The Morgan fingerprint density at radius 2 is 1.69 bits per heavy atom. The fraction of sp³-hybridized carbons (Fsp3) is 0.0938. The van der Waals surface area contributed by atoms with E-state index in [0.717, 1.165) is 0 Å². The molecule has 9 nitrogen and oxygen atoms in total. The van der Waals surface area contributed by atoms with E-state index in [1.165, 1.54) is 42.9 Å². The summed E-state index contributed by atoms with van der Waals surface area (Å²) in [4.78, 5) is 26.3. The number of nitrogens with one attached hydrogen (secondary N) is 1. The second kappa shape index (κ2) is 12.6. The number of ether oxygens (including phenoxy) is 1. The largest absolute Gasteiger partial charge is 0.506 e. The number of aromatic nitrogens is 5. The molecule has 0 bridgehead atoms. The molecule has 6 aromatic rings. The van der Waals surface area contributed by atoms with Crippen molar-refractivity contribution in [2.24, 2.45) is 0 Å². The van der Waals surface area contributed by atoms with Crippen molar-refractivity contribution in [3.8, 4) is 39.5 Å². The van der Waals surface area contributed by atoms with Gasteiger partial charge in [0.15, 0.2) is 5.75 Å². The topological polar surface area (TPSA) is 115 Å². The predicted molar refractivity (Wildman–Crippen MR) is 164 cm³/mol. The molecule has 4 aromatic heterocycles. The molecule has 228 valence electrons. The van der Waals surface area contributed by atoms with E-state index in [1.807, 2.05) is 0 Å². The minimum absolute atomic E-state index is 0. The molecular formula is C32H24ClF3N6O3. The molecule has 2 N–H and O–H groups in total. The summed E-state index contributed by atoms with van der Waals surface area (Å²) < 4.78 is 46.0. The Bertz CT molecular complexity index is 2020. The van der Waals surface area contributed by atoms with Crippen LogP contribution in [-0.2, 0) is 0 Å². The fourth-order valence-electron chi connectivity index (χ4n) is 4.75.